The number of nitrogens with two attached hydrogens (primary N) is 2. The van der Waals surface area contributed by atoms with E-state index in [4.69, 9.17) is 11.5 Å². The molecule has 0 atom stereocenters. The van der Waals surface area contributed by atoms with E-state index < -0.39 is 0 Å². The van der Waals surface area contributed by atoms with Crippen LogP contribution in [0.3, 0.4) is 0 Å². The number of guanidine groups is 1. The van der Waals surface area contributed by atoms with Crippen LogP contribution in [0.15, 0.2) is 34.5 Å². The Kier molecular flexibility index (Phi) is 2.59. The average molecular weight is 215 g/mol. The third kappa shape index (κ3) is 1.88. The lowest BCUT2D eigenvalue weighted by Crippen LogP contribution is -2.21. The normalized spacial score (nSPS) is 11.1. The smallest absolute Gasteiger partial charge is 0.211 e. The zero-order valence-corrected chi connectivity index (χ0v) is 8.94. The lowest BCUT2D eigenvalue weighted by atomic mass is 10.1. The van der Waals surface area contributed by atoms with Gasteiger partial charge in [-0.25, -0.2) is 0 Å². The second kappa shape index (κ2) is 4.06. The molecule has 16 heavy (non-hydrogen) atoms. The van der Waals surface area contributed by atoms with Crippen molar-refractivity contribution < 1.29 is 0 Å². The zero-order valence-electron chi connectivity index (χ0n) is 8.94. The molecule has 0 aliphatic heterocycles. The molecule has 5 N–H and O–H groups in total. The highest BCUT2D eigenvalue weighted by atomic mass is 15.3. The third-order valence-corrected chi connectivity index (χ3v) is 2.30. The molecule has 0 unspecified atom stereocenters. The number of H-pyrrole nitrogens is 1. The number of nitrogens with one attached hydrogen (secondary N) is 1. The summed E-state index contributed by atoms with van der Waals surface area (Å²) in [7, 11) is 0. The van der Waals surface area contributed by atoms with Gasteiger partial charge in [-0.2, -0.15) is 5.10 Å². The molecule has 1 aromatic carbocycles. The van der Waals surface area contributed by atoms with Gasteiger partial charge in [0.1, 0.15) is 0 Å². The second-order valence-electron chi connectivity index (χ2n) is 3.48. The minimum absolute atomic E-state index is 0.0475. The van der Waals surface area contributed by atoms with Crippen molar-refractivity contribution in [3.8, 4) is 0 Å². The first-order chi connectivity index (χ1) is 7.68. The van der Waals surface area contributed by atoms with E-state index in [1.165, 1.54) is 0 Å². The van der Waals surface area contributed by atoms with E-state index in [1.54, 1.807) is 6.21 Å². The molecule has 0 radical (unpaired) electrons. The summed E-state index contributed by atoms with van der Waals surface area (Å²) in [6.45, 7) is 1.98. The molecule has 2 rings (SSSR count). The Morgan fingerprint density at radius 1 is 1.31 bits per heavy atom. The van der Waals surface area contributed by atoms with Crippen molar-refractivity contribution in [3.05, 3.63) is 35.5 Å². The molecule has 0 bridgehead atoms. The Bertz CT molecular complexity index is 561. The summed E-state index contributed by atoms with van der Waals surface area (Å²) in [5.41, 5.74) is 13.5. The Labute approximate surface area is 92.9 Å². The van der Waals surface area contributed by atoms with E-state index in [1.807, 2.05) is 31.2 Å². The second-order valence-corrected chi connectivity index (χ2v) is 3.48. The Morgan fingerprint density at radius 2 is 2.06 bits per heavy atom. The number of aromatic nitrogens is 1. The van der Waals surface area contributed by atoms with Crippen LogP contribution in [0.4, 0.5) is 0 Å². The minimum Gasteiger partial charge on any atom is -0.369 e. The highest BCUT2D eigenvalue weighted by Crippen LogP contribution is 2.19. The molecule has 5 nitrogen and oxygen atoms in total. The van der Waals surface area contributed by atoms with Gasteiger partial charge in [-0.1, -0.05) is 18.2 Å². The summed E-state index contributed by atoms with van der Waals surface area (Å²) < 4.78 is 0. The maximum Gasteiger partial charge on any atom is 0.211 e. The number of benzene rings is 1. The van der Waals surface area contributed by atoms with E-state index in [0.29, 0.717) is 0 Å². The van der Waals surface area contributed by atoms with Crippen LogP contribution in [0.2, 0.25) is 0 Å². The monoisotopic (exact) mass is 215 g/mol. The molecular formula is C11H13N5. The first kappa shape index (κ1) is 10.2. The standard InChI is InChI=1S/C11H13N5/c1-7-9(6-14-16-11(12)13)8-4-2-3-5-10(8)15-7/h2-6,15H,1H3,(H4,12,13,16)/b14-6-. The van der Waals surface area contributed by atoms with Crippen LogP contribution in [0, 0.1) is 6.92 Å². The minimum atomic E-state index is -0.0475. The Morgan fingerprint density at radius 3 is 2.81 bits per heavy atom. The number of aromatic amines is 1. The fourth-order valence-corrected chi connectivity index (χ4v) is 1.62. The van der Waals surface area contributed by atoms with Gasteiger partial charge >= 0.3 is 0 Å². The van der Waals surface area contributed by atoms with Crippen molar-refractivity contribution in [3.63, 3.8) is 0 Å². The molecule has 5 heteroatoms. The predicted octanol–water partition coefficient (Wildman–Crippen LogP) is 1.08. The SMILES string of the molecule is Cc1[nH]c2ccccc2c1/C=N\N=C(N)N. The van der Waals surface area contributed by atoms with Gasteiger partial charge in [0.25, 0.3) is 0 Å². The maximum absolute atomic E-state index is 5.19. The lowest BCUT2D eigenvalue weighted by molar-refractivity contribution is 1.21. The van der Waals surface area contributed by atoms with Gasteiger partial charge in [0, 0.05) is 22.2 Å². The van der Waals surface area contributed by atoms with Crippen molar-refractivity contribution in [1.29, 1.82) is 0 Å². The molecule has 0 saturated carbocycles. The highest BCUT2D eigenvalue weighted by Gasteiger charge is 2.04. The maximum atomic E-state index is 5.19. The summed E-state index contributed by atoms with van der Waals surface area (Å²) in [6, 6.07) is 8.00. The molecule has 0 fully saturated rings. The lowest BCUT2D eigenvalue weighted by Gasteiger charge is -1.91. The Hall–Kier alpha value is -2.30. The van der Waals surface area contributed by atoms with Gasteiger partial charge in [0.2, 0.25) is 5.96 Å². The quantitative estimate of drug-likeness (QED) is 0.397. The van der Waals surface area contributed by atoms with Crippen LogP contribution in [0.25, 0.3) is 10.9 Å². The van der Waals surface area contributed by atoms with Crippen molar-refractivity contribution in [2.75, 3.05) is 0 Å². The van der Waals surface area contributed by atoms with E-state index in [2.05, 4.69) is 15.2 Å². The molecular weight excluding hydrogens is 202 g/mol. The van der Waals surface area contributed by atoms with Gasteiger partial charge in [-0.3, -0.25) is 0 Å². The number of hydrogen-bond acceptors (Lipinski definition) is 2. The number of nitrogens with zero attached hydrogens (tertiary/aromatic N) is 2. The molecule has 2 aromatic rings. The summed E-state index contributed by atoms with van der Waals surface area (Å²) >= 11 is 0. The molecule has 1 aromatic heterocycles. The van der Waals surface area contributed by atoms with E-state index in [0.717, 1.165) is 22.2 Å². The van der Waals surface area contributed by atoms with Crippen LogP contribution < -0.4 is 11.5 Å². The van der Waals surface area contributed by atoms with Crippen LogP contribution in [0.1, 0.15) is 11.3 Å². The number of aryl methyl sites for hydroxylation is 1. The molecule has 0 amide bonds. The topological polar surface area (TPSA) is 92.5 Å². The van der Waals surface area contributed by atoms with Gasteiger partial charge in [0.05, 0.1) is 6.21 Å². The average Bonchev–Trinajstić information content (AvgIpc) is 2.55. The first-order valence-electron chi connectivity index (χ1n) is 4.88. The fourth-order valence-electron chi connectivity index (χ4n) is 1.62. The predicted molar refractivity (Wildman–Crippen MR) is 66.4 cm³/mol. The van der Waals surface area contributed by atoms with Gasteiger partial charge in [-0.15, -0.1) is 5.10 Å². The van der Waals surface area contributed by atoms with Crippen LogP contribution in [0.5, 0.6) is 0 Å². The van der Waals surface area contributed by atoms with Crippen LogP contribution in [-0.4, -0.2) is 17.2 Å². The number of fused-ring (bicyclic) bond motifs is 1. The molecule has 0 spiro atoms. The zero-order chi connectivity index (χ0) is 11.5. The molecule has 82 valence electrons. The molecule has 0 aliphatic rings. The molecule has 1 heterocycles. The van der Waals surface area contributed by atoms with Crippen molar-refractivity contribution >= 4 is 23.1 Å². The van der Waals surface area contributed by atoms with E-state index in [9.17, 15) is 0 Å². The fraction of sp³-hybridized carbons (Fsp3) is 0.0909. The summed E-state index contributed by atoms with van der Waals surface area (Å²) in [6.07, 6.45) is 1.65. The van der Waals surface area contributed by atoms with Gasteiger partial charge in [-0.05, 0) is 13.0 Å². The van der Waals surface area contributed by atoms with E-state index >= 15 is 0 Å². The summed E-state index contributed by atoms with van der Waals surface area (Å²) in [5, 5.41) is 8.50. The number of hydrogen-bond donors (Lipinski definition) is 3. The summed E-state index contributed by atoms with van der Waals surface area (Å²) in [4.78, 5) is 3.26. The summed E-state index contributed by atoms with van der Waals surface area (Å²) in [5.74, 6) is -0.0475. The highest BCUT2D eigenvalue weighted by molar-refractivity contribution is 6.00. The molecule has 0 saturated heterocycles. The van der Waals surface area contributed by atoms with Crippen molar-refractivity contribution in [2.24, 2.45) is 21.7 Å². The third-order valence-electron chi connectivity index (χ3n) is 2.30. The van der Waals surface area contributed by atoms with Crippen LogP contribution >= 0.6 is 0 Å². The number of para-hydroxylation sites is 1. The van der Waals surface area contributed by atoms with E-state index in [-0.39, 0.29) is 5.96 Å². The van der Waals surface area contributed by atoms with Gasteiger partial charge < -0.3 is 16.5 Å². The first-order valence-corrected chi connectivity index (χ1v) is 4.88. The van der Waals surface area contributed by atoms with Crippen molar-refractivity contribution in [2.45, 2.75) is 6.92 Å². The number of rotatable bonds is 2. The van der Waals surface area contributed by atoms with Gasteiger partial charge in [0.15, 0.2) is 0 Å². The van der Waals surface area contributed by atoms with Crippen molar-refractivity contribution in [1.82, 2.24) is 4.98 Å². The van der Waals surface area contributed by atoms with Crippen LogP contribution in [-0.2, 0) is 0 Å². The molecule has 0 aliphatic carbocycles. The largest absolute Gasteiger partial charge is 0.369 e. The Balaban J connectivity index is 2.47.